The molecule has 1 aliphatic heterocycles. The van der Waals surface area contributed by atoms with Crippen LogP contribution in [0.2, 0.25) is 0 Å². The van der Waals surface area contributed by atoms with Gasteiger partial charge in [0.05, 0.1) is 4.58 Å². The first kappa shape index (κ1) is 11.7. The minimum atomic E-state index is 0.341. The molecule has 0 saturated carbocycles. The molecule has 0 spiro atoms. The summed E-state index contributed by atoms with van der Waals surface area (Å²) in [7, 11) is 0. The van der Waals surface area contributed by atoms with E-state index in [9.17, 15) is 0 Å². The minimum absolute atomic E-state index is 0.341. The Hall–Kier alpha value is 0.660. The zero-order valence-electron chi connectivity index (χ0n) is 8.53. The van der Waals surface area contributed by atoms with Crippen molar-refractivity contribution in [2.75, 3.05) is 18.1 Å². The lowest BCUT2D eigenvalue weighted by molar-refractivity contribution is 0.240. The third-order valence-electron chi connectivity index (χ3n) is 2.76. The number of hydrogen-bond donors (Lipinski definition) is 1. The SMILES string of the molecule is CC(CCO)C(C)C1SCCCS1. The molecule has 13 heavy (non-hydrogen) atoms. The molecule has 3 heteroatoms. The molecule has 0 aromatic rings. The van der Waals surface area contributed by atoms with Crippen LogP contribution in [0, 0.1) is 11.8 Å². The smallest absolute Gasteiger partial charge is 0.0530 e. The van der Waals surface area contributed by atoms with Gasteiger partial charge in [-0.25, -0.2) is 0 Å². The maximum Gasteiger partial charge on any atom is 0.0530 e. The zero-order valence-corrected chi connectivity index (χ0v) is 10.2. The van der Waals surface area contributed by atoms with Crippen molar-refractivity contribution in [2.24, 2.45) is 11.8 Å². The molecule has 0 bridgehead atoms. The van der Waals surface area contributed by atoms with Crippen LogP contribution in [0.1, 0.15) is 26.7 Å². The average molecular weight is 220 g/mol. The molecule has 78 valence electrons. The number of thioether (sulfide) groups is 2. The highest BCUT2D eigenvalue weighted by Gasteiger charge is 2.24. The van der Waals surface area contributed by atoms with Gasteiger partial charge < -0.3 is 5.11 Å². The second-order valence-corrected chi connectivity index (χ2v) is 6.61. The fourth-order valence-electron chi connectivity index (χ4n) is 1.54. The molecule has 1 rings (SSSR count). The van der Waals surface area contributed by atoms with Crippen LogP contribution in [0.15, 0.2) is 0 Å². The van der Waals surface area contributed by atoms with E-state index >= 15 is 0 Å². The fraction of sp³-hybridized carbons (Fsp3) is 1.00. The van der Waals surface area contributed by atoms with Crippen LogP contribution in [-0.2, 0) is 0 Å². The molecule has 0 amide bonds. The van der Waals surface area contributed by atoms with Gasteiger partial charge in [-0.3, -0.25) is 0 Å². The van der Waals surface area contributed by atoms with Gasteiger partial charge in [0.1, 0.15) is 0 Å². The Morgan fingerprint density at radius 2 is 1.92 bits per heavy atom. The lowest BCUT2D eigenvalue weighted by atomic mass is 9.95. The summed E-state index contributed by atoms with van der Waals surface area (Å²) in [5, 5.41) is 8.87. The molecule has 0 aliphatic carbocycles. The van der Waals surface area contributed by atoms with E-state index in [2.05, 4.69) is 37.4 Å². The number of aliphatic hydroxyl groups is 1. The van der Waals surface area contributed by atoms with E-state index in [1.807, 2.05) is 0 Å². The molecular weight excluding hydrogens is 200 g/mol. The minimum Gasteiger partial charge on any atom is -0.396 e. The highest BCUT2D eigenvalue weighted by atomic mass is 32.2. The van der Waals surface area contributed by atoms with Crippen LogP contribution in [0.25, 0.3) is 0 Å². The average Bonchev–Trinajstić information content (AvgIpc) is 2.18. The second-order valence-electron chi connectivity index (χ2n) is 3.81. The van der Waals surface area contributed by atoms with Gasteiger partial charge in [0.15, 0.2) is 0 Å². The van der Waals surface area contributed by atoms with Crippen LogP contribution < -0.4 is 0 Å². The van der Waals surface area contributed by atoms with E-state index in [1.165, 1.54) is 17.9 Å². The van der Waals surface area contributed by atoms with Crippen LogP contribution in [0.3, 0.4) is 0 Å². The summed E-state index contributed by atoms with van der Waals surface area (Å²) in [5.74, 6) is 4.05. The lowest BCUT2D eigenvalue weighted by Crippen LogP contribution is -2.22. The summed E-state index contributed by atoms with van der Waals surface area (Å²) >= 11 is 4.21. The van der Waals surface area contributed by atoms with Crippen molar-refractivity contribution in [1.29, 1.82) is 0 Å². The van der Waals surface area contributed by atoms with Crippen LogP contribution in [0.5, 0.6) is 0 Å². The Morgan fingerprint density at radius 1 is 1.31 bits per heavy atom. The molecule has 1 nitrogen and oxygen atoms in total. The van der Waals surface area contributed by atoms with Crippen molar-refractivity contribution >= 4 is 23.5 Å². The highest BCUT2D eigenvalue weighted by molar-refractivity contribution is 8.17. The highest BCUT2D eigenvalue weighted by Crippen LogP contribution is 2.39. The zero-order chi connectivity index (χ0) is 9.68. The van der Waals surface area contributed by atoms with E-state index in [-0.39, 0.29) is 0 Å². The van der Waals surface area contributed by atoms with Crippen LogP contribution in [0.4, 0.5) is 0 Å². The third kappa shape index (κ3) is 3.72. The maximum atomic E-state index is 8.87. The molecule has 1 N–H and O–H groups in total. The number of aliphatic hydroxyl groups excluding tert-OH is 1. The Kier molecular flexibility index (Phi) is 5.60. The third-order valence-corrected chi connectivity index (χ3v) is 6.15. The van der Waals surface area contributed by atoms with E-state index in [1.54, 1.807) is 0 Å². The van der Waals surface area contributed by atoms with Crippen molar-refractivity contribution in [1.82, 2.24) is 0 Å². The Labute approximate surface area is 90.1 Å². The van der Waals surface area contributed by atoms with Gasteiger partial charge >= 0.3 is 0 Å². The van der Waals surface area contributed by atoms with Gasteiger partial charge in [-0.2, -0.15) is 0 Å². The van der Waals surface area contributed by atoms with E-state index in [0.717, 1.165) is 16.9 Å². The molecule has 2 atom stereocenters. The van der Waals surface area contributed by atoms with Crippen molar-refractivity contribution in [3.8, 4) is 0 Å². The Morgan fingerprint density at radius 3 is 2.46 bits per heavy atom. The van der Waals surface area contributed by atoms with Crippen LogP contribution >= 0.6 is 23.5 Å². The van der Waals surface area contributed by atoms with Crippen molar-refractivity contribution in [3.05, 3.63) is 0 Å². The number of rotatable bonds is 4. The molecule has 1 fully saturated rings. The normalized spacial score (nSPS) is 24.2. The first-order chi connectivity index (χ1) is 6.25. The van der Waals surface area contributed by atoms with Gasteiger partial charge in [0.25, 0.3) is 0 Å². The Balaban J connectivity index is 2.31. The topological polar surface area (TPSA) is 20.2 Å². The van der Waals surface area contributed by atoms with Gasteiger partial charge in [-0.05, 0) is 36.2 Å². The van der Waals surface area contributed by atoms with Crippen LogP contribution in [-0.4, -0.2) is 27.8 Å². The van der Waals surface area contributed by atoms with E-state index in [0.29, 0.717) is 12.5 Å². The molecule has 0 aromatic carbocycles. The maximum absolute atomic E-state index is 8.87. The number of hydrogen-bond acceptors (Lipinski definition) is 3. The molecule has 0 aromatic heterocycles. The molecule has 1 heterocycles. The second kappa shape index (κ2) is 6.20. The van der Waals surface area contributed by atoms with Crippen molar-refractivity contribution in [3.63, 3.8) is 0 Å². The summed E-state index contributed by atoms with van der Waals surface area (Å²) in [6.07, 6.45) is 2.33. The molecule has 2 unspecified atom stereocenters. The van der Waals surface area contributed by atoms with Gasteiger partial charge in [-0.15, -0.1) is 23.5 Å². The molecular formula is C10H20OS2. The summed E-state index contributed by atoms with van der Waals surface area (Å²) in [6.45, 7) is 4.93. The quantitative estimate of drug-likeness (QED) is 0.787. The largest absolute Gasteiger partial charge is 0.396 e. The molecule has 0 radical (unpaired) electrons. The van der Waals surface area contributed by atoms with Gasteiger partial charge in [-0.1, -0.05) is 13.8 Å². The first-order valence-corrected chi connectivity index (χ1v) is 7.19. The summed E-state index contributed by atoms with van der Waals surface area (Å²) in [5.41, 5.74) is 0. The Bertz CT molecular complexity index is 135. The molecule has 1 saturated heterocycles. The van der Waals surface area contributed by atoms with Crippen molar-refractivity contribution in [2.45, 2.75) is 31.3 Å². The summed E-state index contributed by atoms with van der Waals surface area (Å²) in [6, 6.07) is 0. The summed E-state index contributed by atoms with van der Waals surface area (Å²) < 4.78 is 0.773. The van der Waals surface area contributed by atoms with Gasteiger partial charge in [0, 0.05) is 6.61 Å². The van der Waals surface area contributed by atoms with Crippen molar-refractivity contribution < 1.29 is 5.11 Å². The van der Waals surface area contributed by atoms with E-state index in [4.69, 9.17) is 5.11 Å². The van der Waals surface area contributed by atoms with E-state index < -0.39 is 0 Å². The predicted molar refractivity (Wildman–Crippen MR) is 63.4 cm³/mol. The summed E-state index contributed by atoms with van der Waals surface area (Å²) in [4.78, 5) is 0. The monoisotopic (exact) mass is 220 g/mol. The molecule has 1 aliphatic rings. The lowest BCUT2D eigenvalue weighted by Gasteiger charge is -2.30. The van der Waals surface area contributed by atoms with Gasteiger partial charge in [0.2, 0.25) is 0 Å². The standard InChI is InChI=1S/C10H20OS2/c1-8(4-5-11)9(2)10-12-6-3-7-13-10/h8-11H,3-7H2,1-2H3. The fourth-order valence-corrected chi connectivity index (χ4v) is 4.92. The predicted octanol–water partition coefficient (Wildman–Crippen LogP) is 2.84. The first-order valence-electron chi connectivity index (χ1n) is 5.09.